The van der Waals surface area contributed by atoms with Crippen LogP contribution in [0.15, 0.2) is 85.1 Å². The van der Waals surface area contributed by atoms with E-state index in [-0.39, 0.29) is 24.3 Å². The van der Waals surface area contributed by atoms with E-state index in [9.17, 15) is 14.4 Å². The van der Waals surface area contributed by atoms with Crippen LogP contribution in [0.2, 0.25) is 0 Å². The summed E-state index contributed by atoms with van der Waals surface area (Å²) in [6.07, 6.45) is 1.37. The van der Waals surface area contributed by atoms with Crippen molar-refractivity contribution >= 4 is 34.3 Å². The molecule has 0 fully saturated rings. The van der Waals surface area contributed by atoms with Crippen LogP contribution in [0.1, 0.15) is 32.4 Å². The van der Waals surface area contributed by atoms with Crippen LogP contribution in [0.4, 0.5) is 5.69 Å². The van der Waals surface area contributed by atoms with Crippen molar-refractivity contribution in [2.75, 3.05) is 18.0 Å². The van der Waals surface area contributed by atoms with Crippen molar-refractivity contribution in [2.45, 2.75) is 12.7 Å². The molecule has 2 aliphatic heterocycles. The van der Waals surface area contributed by atoms with E-state index in [0.717, 1.165) is 16.5 Å². The van der Waals surface area contributed by atoms with Crippen LogP contribution in [0.25, 0.3) is 10.9 Å². The first-order chi connectivity index (χ1) is 16.6. The molecule has 6 rings (SSSR count). The predicted molar refractivity (Wildman–Crippen MR) is 128 cm³/mol. The van der Waals surface area contributed by atoms with Gasteiger partial charge in [0, 0.05) is 35.9 Å². The molecule has 3 aromatic carbocycles. The third kappa shape index (κ3) is 3.08. The van der Waals surface area contributed by atoms with E-state index in [0.29, 0.717) is 29.9 Å². The summed E-state index contributed by atoms with van der Waals surface area (Å²) in [5, 5.41) is 4.08. The molecule has 4 aromatic rings. The van der Waals surface area contributed by atoms with E-state index in [1.165, 1.54) is 4.90 Å². The van der Waals surface area contributed by atoms with Gasteiger partial charge in [0.05, 0.1) is 11.3 Å². The lowest BCUT2D eigenvalue weighted by Crippen LogP contribution is -2.51. The maximum absolute atomic E-state index is 13.4. The highest BCUT2D eigenvalue weighted by atomic mass is 16.2. The maximum Gasteiger partial charge on any atom is 0.260 e. The van der Waals surface area contributed by atoms with E-state index >= 15 is 0 Å². The van der Waals surface area contributed by atoms with Crippen LogP contribution in [0.3, 0.4) is 0 Å². The first-order valence-corrected chi connectivity index (χ1v) is 11.3. The highest BCUT2D eigenvalue weighted by Gasteiger charge is 2.47. The maximum atomic E-state index is 13.4. The summed E-state index contributed by atoms with van der Waals surface area (Å²) in [4.78, 5) is 42.7. The van der Waals surface area contributed by atoms with Crippen LogP contribution in [-0.2, 0) is 11.3 Å². The van der Waals surface area contributed by atoms with Crippen molar-refractivity contribution < 1.29 is 14.4 Å². The number of carbonyl (C=O) groups is 3. The predicted octanol–water partition coefficient (Wildman–Crippen LogP) is 3.57. The van der Waals surface area contributed by atoms with E-state index in [2.05, 4.69) is 16.0 Å². The number of carbonyl (C=O) groups excluding carboxylic acids is 3. The summed E-state index contributed by atoms with van der Waals surface area (Å²) in [6.45, 7) is 0.912. The Morgan fingerprint density at radius 1 is 0.824 bits per heavy atom. The number of nitrogens with zero attached hydrogens (tertiary/aromatic N) is 3. The number of para-hydroxylation sites is 2. The minimum Gasteiger partial charge on any atom is -0.353 e. The molecule has 7 heteroatoms. The van der Waals surface area contributed by atoms with Crippen molar-refractivity contribution in [1.29, 1.82) is 0 Å². The molecule has 0 radical (unpaired) electrons. The van der Waals surface area contributed by atoms with E-state index < -0.39 is 6.17 Å². The third-order valence-corrected chi connectivity index (χ3v) is 6.55. The van der Waals surface area contributed by atoms with Crippen LogP contribution in [0.5, 0.6) is 0 Å². The second-order valence-electron chi connectivity index (χ2n) is 8.50. The molecule has 0 saturated carbocycles. The average Bonchev–Trinajstić information content (AvgIpc) is 3.41. The largest absolute Gasteiger partial charge is 0.353 e. The number of aromatic nitrogens is 1. The summed E-state index contributed by atoms with van der Waals surface area (Å²) in [7, 11) is 0. The summed E-state index contributed by atoms with van der Waals surface area (Å²) in [5.74, 6) is -0.681. The highest BCUT2D eigenvalue weighted by molar-refractivity contribution is 6.17. The number of hydrogen-bond donors (Lipinski definition) is 1. The first-order valence-electron chi connectivity index (χ1n) is 11.3. The van der Waals surface area contributed by atoms with E-state index in [4.69, 9.17) is 0 Å². The molecular formula is C27H22N4O3. The van der Waals surface area contributed by atoms with Gasteiger partial charge in [-0.3, -0.25) is 19.3 Å². The fraction of sp³-hybridized carbons (Fsp3) is 0.148. The lowest BCUT2D eigenvalue weighted by molar-refractivity contribution is -0.122. The van der Waals surface area contributed by atoms with Gasteiger partial charge >= 0.3 is 0 Å². The zero-order valence-corrected chi connectivity index (χ0v) is 18.3. The molecule has 0 spiro atoms. The van der Waals surface area contributed by atoms with Gasteiger partial charge in [0.2, 0.25) is 5.91 Å². The normalized spacial score (nSPS) is 16.4. The van der Waals surface area contributed by atoms with Crippen LogP contribution in [-0.4, -0.2) is 40.3 Å². The lowest BCUT2D eigenvalue weighted by Gasteiger charge is -2.40. The molecule has 3 amide bonds. The summed E-state index contributed by atoms with van der Waals surface area (Å²) >= 11 is 0. The minimum absolute atomic E-state index is 0.137. The van der Waals surface area contributed by atoms with Gasteiger partial charge in [0.1, 0.15) is 12.7 Å². The SMILES string of the molecule is O=C(CN1C(=O)c2ccccc2N2C(=O)c3ccccc3[C@H]12)NCCn1ccc2ccccc21. The van der Waals surface area contributed by atoms with Crippen molar-refractivity contribution in [3.8, 4) is 0 Å². The Morgan fingerprint density at radius 3 is 2.44 bits per heavy atom. The number of fused-ring (bicyclic) bond motifs is 6. The van der Waals surface area contributed by atoms with Crippen LogP contribution in [0, 0.1) is 0 Å². The lowest BCUT2D eigenvalue weighted by atomic mass is 10.0. The molecule has 2 aliphatic rings. The van der Waals surface area contributed by atoms with Crippen molar-refractivity contribution in [2.24, 2.45) is 0 Å². The third-order valence-electron chi connectivity index (χ3n) is 6.55. The highest BCUT2D eigenvalue weighted by Crippen LogP contribution is 2.44. The zero-order valence-electron chi connectivity index (χ0n) is 18.3. The molecule has 0 saturated heterocycles. The number of anilines is 1. The van der Waals surface area contributed by atoms with Crippen molar-refractivity contribution in [3.05, 3.63) is 102 Å². The second-order valence-corrected chi connectivity index (χ2v) is 8.50. The fourth-order valence-electron chi connectivity index (χ4n) is 5.00. The average molecular weight is 450 g/mol. The number of amides is 3. The molecule has 1 aromatic heterocycles. The smallest absolute Gasteiger partial charge is 0.260 e. The van der Waals surface area contributed by atoms with Gasteiger partial charge in [-0.05, 0) is 35.7 Å². The molecule has 34 heavy (non-hydrogen) atoms. The Bertz CT molecular complexity index is 1460. The topological polar surface area (TPSA) is 74.7 Å². The van der Waals surface area contributed by atoms with Crippen LogP contribution < -0.4 is 10.2 Å². The summed E-state index contributed by atoms with van der Waals surface area (Å²) in [5.41, 5.74) is 3.40. The standard InChI is InChI=1S/C27H22N4O3/c32-24(28-14-16-29-15-13-18-7-1-5-11-22(18)29)17-30-25-19-8-2-3-9-20(19)27(34)31(25)23-12-6-4-10-21(23)26(30)33/h1-13,15,25H,14,16-17H2,(H,28,32)/t25-/m1/s1. The van der Waals surface area contributed by atoms with Gasteiger partial charge in [0.25, 0.3) is 11.8 Å². The van der Waals surface area contributed by atoms with Crippen molar-refractivity contribution in [1.82, 2.24) is 14.8 Å². The molecule has 3 heterocycles. The Labute approximate surface area is 196 Å². The summed E-state index contributed by atoms with van der Waals surface area (Å²) in [6, 6.07) is 24.5. The van der Waals surface area contributed by atoms with Gasteiger partial charge in [-0.2, -0.15) is 0 Å². The number of benzene rings is 3. The molecule has 1 N–H and O–H groups in total. The Kier molecular flexibility index (Phi) is 4.69. The fourth-order valence-corrected chi connectivity index (χ4v) is 5.00. The second kappa shape index (κ2) is 7.88. The Balaban J connectivity index is 1.23. The number of rotatable bonds is 5. The summed E-state index contributed by atoms with van der Waals surface area (Å²) < 4.78 is 2.09. The van der Waals surface area contributed by atoms with E-state index in [1.807, 2.05) is 54.7 Å². The number of hydrogen-bond acceptors (Lipinski definition) is 3. The monoisotopic (exact) mass is 450 g/mol. The quantitative estimate of drug-likeness (QED) is 0.505. The van der Waals surface area contributed by atoms with E-state index in [1.54, 1.807) is 29.2 Å². The van der Waals surface area contributed by atoms with Gasteiger partial charge < -0.3 is 14.8 Å². The number of nitrogens with one attached hydrogen (secondary N) is 1. The minimum atomic E-state index is -0.634. The van der Waals surface area contributed by atoms with Gasteiger partial charge in [-0.1, -0.05) is 48.5 Å². The molecule has 0 unspecified atom stereocenters. The van der Waals surface area contributed by atoms with Gasteiger partial charge in [-0.15, -0.1) is 0 Å². The van der Waals surface area contributed by atoms with Gasteiger partial charge in [0.15, 0.2) is 0 Å². The van der Waals surface area contributed by atoms with Gasteiger partial charge in [-0.25, -0.2) is 0 Å². The Hall–Kier alpha value is -4.39. The zero-order chi connectivity index (χ0) is 23.2. The Morgan fingerprint density at radius 2 is 1.56 bits per heavy atom. The molecule has 7 nitrogen and oxygen atoms in total. The van der Waals surface area contributed by atoms with Crippen molar-refractivity contribution in [3.63, 3.8) is 0 Å². The molecular weight excluding hydrogens is 428 g/mol. The van der Waals surface area contributed by atoms with Crippen LogP contribution >= 0.6 is 0 Å². The molecule has 168 valence electrons. The molecule has 0 aliphatic carbocycles. The molecule has 0 bridgehead atoms. The molecule has 1 atom stereocenters. The first kappa shape index (κ1) is 20.2.